The van der Waals surface area contributed by atoms with Gasteiger partial charge in [0.15, 0.2) is 0 Å². The standard InChI is InChI=1S/C12H18N2O3S/c1-4-7-14(8-10(15)13(2)3)11-6-5-9(18-11)12(16)17/h5-6H,4,7-8H2,1-3H3,(H,16,17). The summed E-state index contributed by atoms with van der Waals surface area (Å²) in [5.41, 5.74) is 0. The lowest BCUT2D eigenvalue weighted by atomic mass is 10.3. The minimum atomic E-state index is -0.929. The highest BCUT2D eigenvalue weighted by molar-refractivity contribution is 7.17. The first kappa shape index (κ1) is 14.5. The first-order valence-corrected chi connectivity index (χ1v) is 6.55. The second-order valence-electron chi connectivity index (χ2n) is 4.15. The Labute approximate surface area is 111 Å². The maximum absolute atomic E-state index is 11.7. The molecule has 0 saturated heterocycles. The van der Waals surface area contributed by atoms with Gasteiger partial charge in [-0.25, -0.2) is 4.79 Å². The van der Waals surface area contributed by atoms with Gasteiger partial charge in [-0.15, -0.1) is 11.3 Å². The zero-order valence-corrected chi connectivity index (χ0v) is 11.7. The smallest absolute Gasteiger partial charge is 0.345 e. The molecule has 1 aromatic heterocycles. The number of nitrogens with zero attached hydrogens (tertiary/aromatic N) is 2. The summed E-state index contributed by atoms with van der Waals surface area (Å²) in [7, 11) is 3.42. The average molecular weight is 270 g/mol. The minimum Gasteiger partial charge on any atom is -0.477 e. The summed E-state index contributed by atoms with van der Waals surface area (Å²) in [5.74, 6) is -0.921. The molecule has 0 fully saturated rings. The Kier molecular flexibility index (Phi) is 5.15. The van der Waals surface area contributed by atoms with Gasteiger partial charge in [0.25, 0.3) is 0 Å². The molecule has 0 unspecified atom stereocenters. The first-order chi connectivity index (χ1) is 8.45. The summed E-state index contributed by atoms with van der Waals surface area (Å²) in [6.07, 6.45) is 0.904. The number of likely N-dealkylation sites (N-methyl/N-ethyl adjacent to an activating group) is 1. The van der Waals surface area contributed by atoms with E-state index in [2.05, 4.69) is 0 Å². The van der Waals surface area contributed by atoms with Crippen molar-refractivity contribution in [3.8, 4) is 0 Å². The van der Waals surface area contributed by atoms with Gasteiger partial charge in [-0.3, -0.25) is 4.79 Å². The molecular weight excluding hydrogens is 252 g/mol. The molecule has 0 atom stereocenters. The molecular formula is C12H18N2O3S. The van der Waals surface area contributed by atoms with Crippen molar-refractivity contribution in [1.29, 1.82) is 0 Å². The van der Waals surface area contributed by atoms with Gasteiger partial charge in [0.2, 0.25) is 5.91 Å². The monoisotopic (exact) mass is 270 g/mol. The highest BCUT2D eigenvalue weighted by Crippen LogP contribution is 2.26. The molecule has 6 heteroatoms. The maximum atomic E-state index is 11.7. The van der Waals surface area contributed by atoms with Crippen LogP contribution in [0.4, 0.5) is 5.00 Å². The lowest BCUT2D eigenvalue weighted by Crippen LogP contribution is -2.36. The van der Waals surface area contributed by atoms with Crippen LogP contribution in [0.25, 0.3) is 0 Å². The number of amides is 1. The van der Waals surface area contributed by atoms with Crippen LogP contribution in [0.3, 0.4) is 0 Å². The molecule has 1 heterocycles. The topological polar surface area (TPSA) is 60.9 Å². The molecule has 0 saturated carbocycles. The predicted octanol–water partition coefficient (Wildman–Crippen LogP) is 1.75. The molecule has 0 aliphatic heterocycles. The van der Waals surface area contributed by atoms with E-state index in [1.54, 1.807) is 26.2 Å². The van der Waals surface area contributed by atoms with Crippen molar-refractivity contribution in [2.45, 2.75) is 13.3 Å². The molecule has 18 heavy (non-hydrogen) atoms. The van der Waals surface area contributed by atoms with Gasteiger partial charge in [-0.05, 0) is 18.6 Å². The fourth-order valence-electron chi connectivity index (χ4n) is 1.45. The number of carboxylic acid groups (broad SMARTS) is 1. The molecule has 0 aromatic carbocycles. The maximum Gasteiger partial charge on any atom is 0.345 e. The molecule has 100 valence electrons. The Hall–Kier alpha value is -1.56. The molecule has 0 bridgehead atoms. The van der Waals surface area contributed by atoms with E-state index in [1.807, 2.05) is 11.8 Å². The number of aromatic carboxylic acids is 1. The second kappa shape index (κ2) is 6.39. The molecule has 5 nitrogen and oxygen atoms in total. The van der Waals surface area contributed by atoms with Gasteiger partial charge in [-0.2, -0.15) is 0 Å². The number of hydrogen-bond acceptors (Lipinski definition) is 4. The Morgan fingerprint density at radius 1 is 1.33 bits per heavy atom. The van der Waals surface area contributed by atoms with Crippen LogP contribution in [0.15, 0.2) is 12.1 Å². The third-order valence-corrected chi connectivity index (χ3v) is 3.57. The molecule has 0 aliphatic carbocycles. The number of hydrogen-bond donors (Lipinski definition) is 1. The van der Waals surface area contributed by atoms with Gasteiger partial charge >= 0.3 is 5.97 Å². The highest BCUT2D eigenvalue weighted by atomic mass is 32.1. The van der Waals surface area contributed by atoms with E-state index in [0.29, 0.717) is 4.88 Å². The molecule has 0 radical (unpaired) electrons. The van der Waals surface area contributed by atoms with E-state index in [-0.39, 0.29) is 12.5 Å². The SMILES string of the molecule is CCCN(CC(=O)N(C)C)c1ccc(C(=O)O)s1. The third kappa shape index (κ3) is 3.73. The van der Waals surface area contributed by atoms with Crippen LogP contribution in [-0.4, -0.2) is 49.1 Å². The number of carbonyl (C=O) groups excluding carboxylic acids is 1. The van der Waals surface area contributed by atoms with Gasteiger partial charge in [0.05, 0.1) is 11.5 Å². The van der Waals surface area contributed by atoms with E-state index < -0.39 is 5.97 Å². The number of carbonyl (C=O) groups is 2. The number of carboxylic acids is 1. The Morgan fingerprint density at radius 2 is 2.00 bits per heavy atom. The molecule has 1 amide bonds. The largest absolute Gasteiger partial charge is 0.477 e. The summed E-state index contributed by atoms with van der Waals surface area (Å²) in [6, 6.07) is 3.33. The fourth-order valence-corrected chi connectivity index (χ4v) is 2.32. The number of anilines is 1. The molecule has 0 spiro atoms. The predicted molar refractivity (Wildman–Crippen MR) is 72.5 cm³/mol. The van der Waals surface area contributed by atoms with E-state index in [9.17, 15) is 9.59 Å². The fraction of sp³-hybridized carbons (Fsp3) is 0.500. The average Bonchev–Trinajstić information content (AvgIpc) is 2.77. The zero-order chi connectivity index (χ0) is 13.7. The van der Waals surface area contributed by atoms with E-state index in [0.717, 1.165) is 18.0 Å². The van der Waals surface area contributed by atoms with E-state index >= 15 is 0 Å². The van der Waals surface area contributed by atoms with E-state index in [4.69, 9.17) is 5.11 Å². The van der Waals surface area contributed by atoms with Crippen LogP contribution in [0, 0.1) is 0 Å². The number of rotatable bonds is 6. The molecule has 1 N–H and O–H groups in total. The Bertz CT molecular complexity index is 429. The van der Waals surface area contributed by atoms with Crippen LogP contribution >= 0.6 is 11.3 Å². The van der Waals surface area contributed by atoms with Crippen LogP contribution in [0.1, 0.15) is 23.0 Å². The van der Waals surface area contributed by atoms with Gasteiger partial charge in [-0.1, -0.05) is 6.92 Å². The van der Waals surface area contributed by atoms with Crippen molar-refractivity contribution >= 4 is 28.2 Å². The van der Waals surface area contributed by atoms with E-state index in [1.165, 1.54) is 16.2 Å². The van der Waals surface area contributed by atoms with Crippen molar-refractivity contribution in [3.05, 3.63) is 17.0 Å². The normalized spacial score (nSPS) is 10.2. The van der Waals surface area contributed by atoms with Crippen molar-refractivity contribution < 1.29 is 14.7 Å². The van der Waals surface area contributed by atoms with Gasteiger partial charge in [0.1, 0.15) is 4.88 Å². The molecule has 0 aliphatic rings. The first-order valence-electron chi connectivity index (χ1n) is 5.74. The van der Waals surface area contributed by atoms with Crippen molar-refractivity contribution in [2.75, 3.05) is 32.1 Å². The van der Waals surface area contributed by atoms with Gasteiger partial charge in [0, 0.05) is 20.6 Å². The van der Waals surface area contributed by atoms with Crippen LogP contribution < -0.4 is 4.90 Å². The lowest BCUT2D eigenvalue weighted by Gasteiger charge is -2.23. The summed E-state index contributed by atoms with van der Waals surface area (Å²) < 4.78 is 0. The Morgan fingerprint density at radius 3 is 2.44 bits per heavy atom. The van der Waals surface area contributed by atoms with Crippen molar-refractivity contribution in [2.24, 2.45) is 0 Å². The summed E-state index contributed by atoms with van der Waals surface area (Å²) >= 11 is 1.20. The summed E-state index contributed by atoms with van der Waals surface area (Å²) in [4.78, 5) is 26.3. The number of thiophene rings is 1. The van der Waals surface area contributed by atoms with Crippen molar-refractivity contribution in [3.63, 3.8) is 0 Å². The van der Waals surface area contributed by atoms with Crippen LogP contribution in [0.5, 0.6) is 0 Å². The van der Waals surface area contributed by atoms with Crippen LogP contribution in [-0.2, 0) is 4.79 Å². The Balaban J connectivity index is 2.83. The highest BCUT2D eigenvalue weighted by Gasteiger charge is 2.16. The summed E-state index contributed by atoms with van der Waals surface area (Å²) in [5, 5.41) is 9.72. The minimum absolute atomic E-state index is 0.00808. The quantitative estimate of drug-likeness (QED) is 0.855. The van der Waals surface area contributed by atoms with Crippen molar-refractivity contribution in [1.82, 2.24) is 4.90 Å². The zero-order valence-electron chi connectivity index (χ0n) is 10.8. The van der Waals surface area contributed by atoms with Gasteiger partial charge < -0.3 is 14.9 Å². The second-order valence-corrected chi connectivity index (χ2v) is 5.21. The molecule has 1 aromatic rings. The third-order valence-electron chi connectivity index (χ3n) is 2.43. The summed E-state index contributed by atoms with van der Waals surface area (Å²) in [6.45, 7) is 3.04. The van der Waals surface area contributed by atoms with Crippen LogP contribution in [0.2, 0.25) is 0 Å². The lowest BCUT2D eigenvalue weighted by molar-refractivity contribution is -0.127. The molecule has 1 rings (SSSR count).